The zero-order valence-corrected chi connectivity index (χ0v) is 17.9. The Hall–Kier alpha value is -3.78. The molecule has 0 saturated carbocycles. The van der Waals surface area contributed by atoms with Gasteiger partial charge in [-0.05, 0) is 73.8 Å². The molecule has 0 N–H and O–H groups in total. The number of halogens is 1. The van der Waals surface area contributed by atoms with Gasteiger partial charge >= 0.3 is 0 Å². The van der Waals surface area contributed by atoms with Crippen molar-refractivity contribution in [1.29, 1.82) is 0 Å². The zero-order valence-electron chi connectivity index (χ0n) is 17.9. The van der Waals surface area contributed by atoms with Gasteiger partial charge in [-0.3, -0.25) is 4.98 Å². The van der Waals surface area contributed by atoms with E-state index in [0.29, 0.717) is 5.39 Å². The van der Waals surface area contributed by atoms with Crippen LogP contribution in [0.15, 0.2) is 85.1 Å². The maximum Gasteiger partial charge on any atom is 0.131 e. The van der Waals surface area contributed by atoms with Crippen LogP contribution in [0.4, 0.5) is 4.39 Å². The number of fused-ring (bicyclic) bond motifs is 7. The second-order valence-corrected chi connectivity index (χ2v) is 9.37. The van der Waals surface area contributed by atoms with Crippen molar-refractivity contribution in [3.63, 3.8) is 0 Å². The standard InChI is InChI=1S/C30H20FN/c1-30(2)25-15-18-7-4-3-6-17(18)14-24(25)29-28-22(12-13-32-29)20-10-11-21-19(8-5-9-27(21)31)23(20)16-26(28)30/h3-16H,1-2H3. The molecule has 0 bridgehead atoms. The summed E-state index contributed by atoms with van der Waals surface area (Å²) in [7, 11) is 0. The molecule has 2 heteroatoms. The summed E-state index contributed by atoms with van der Waals surface area (Å²) in [4.78, 5) is 4.87. The first-order valence-corrected chi connectivity index (χ1v) is 11.0. The highest BCUT2D eigenvalue weighted by Gasteiger charge is 2.35. The summed E-state index contributed by atoms with van der Waals surface area (Å²) in [5, 5.41) is 8.73. The molecule has 0 aliphatic heterocycles. The van der Waals surface area contributed by atoms with E-state index in [1.807, 2.05) is 18.3 Å². The first-order chi connectivity index (χ1) is 15.5. The lowest BCUT2D eigenvalue weighted by Gasteiger charge is -2.35. The second kappa shape index (κ2) is 5.92. The van der Waals surface area contributed by atoms with Gasteiger partial charge in [0, 0.05) is 27.9 Å². The third kappa shape index (κ3) is 2.14. The lowest BCUT2D eigenvalue weighted by Crippen LogP contribution is -2.24. The lowest BCUT2D eigenvalue weighted by molar-refractivity contribution is 0.640. The Balaban J connectivity index is 1.71. The van der Waals surface area contributed by atoms with E-state index < -0.39 is 0 Å². The van der Waals surface area contributed by atoms with Gasteiger partial charge in [0.25, 0.3) is 0 Å². The average molecular weight is 413 g/mol. The van der Waals surface area contributed by atoms with Crippen molar-refractivity contribution in [2.75, 3.05) is 0 Å². The molecule has 0 fully saturated rings. The Bertz CT molecular complexity index is 1760. The molecule has 32 heavy (non-hydrogen) atoms. The van der Waals surface area contributed by atoms with E-state index >= 15 is 0 Å². The lowest BCUT2D eigenvalue weighted by atomic mass is 9.68. The Morgan fingerprint density at radius 2 is 1.41 bits per heavy atom. The Morgan fingerprint density at radius 1 is 0.656 bits per heavy atom. The maximum atomic E-state index is 14.6. The average Bonchev–Trinajstić information content (AvgIpc) is 2.81. The molecule has 1 nitrogen and oxygen atoms in total. The van der Waals surface area contributed by atoms with E-state index in [4.69, 9.17) is 4.98 Å². The highest BCUT2D eigenvalue weighted by molar-refractivity contribution is 6.21. The van der Waals surface area contributed by atoms with Crippen LogP contribution in [-0.2, 0) is 5.41 Å². The Labute approximate surface area is 185 Å². The van der Waals surface area contributed by atoms with E-state index in [1.54, 1.807) is 6.07 Å². The van der Waals surface area contributed by atoms with Crippen molar-refractivity contribution in [2.45, 2.75) is 19.3 Å². The first kappa shape index (κ1) is 17.9. The van der Waals surface area contributed by atoms with Crippen LogP contribution in [0.3, 0.4) is 0 Å². The highest BCUT2D eigenvalue weighted by Crippen LogP contribution is 2.50. The molecule has 1 heterocycles. The Kier molecular flexibility index (Phi) is 3.30. The fourth-order valence-electron chi connectivity index (χ4n) is 5.70. The van der Waals surface area contributed by atoms with Crippen LogP contribution >= 0.6 is 0 Å². The SMILES string of the molecule is CC1(C)c2cc3ccccc3cc2-c2nccc3c2c1cc1c2cccc(F)c2ccc31. The highest BCUT2D eigenvalue weighted by atomic mass is 19.1. The predicted molar refractivity (Wildman–Crippen MR) is 132 cm³/mol. The second-order valence-electron chi connectivity index (χ2n) is 9.37. The summed E-state index contributed by atoms with van der Waals surface area (Å²) in [6.45, 7) is 4.59. The van der Waals surface area contributed by atoms with Crippen molar-refractivity contribution >= 4 is 43.1 Å². The van der Waals surface area contributed by atoms with Gasteiger partial charge < -0.3 is 0 Å². The van der Waals surface area contributed by atoms with E-state index in [9.17, 15) is 4.39 Å². The monoisotopic (exact) mass is 413 g/mol. The largest absolute Gasteiger partial charge is 0.256 e. The van der Waals surface area contributed by atoms with Crippen LogP contribution in [-0.4, -0.2) is 4.98 Å². The molecule has 1 aliphatic rings. The van der Waals surface area contributed by atoms with Gasteiger partial charge in [0.05, 0.1) is 5.69 Å². The van der Waals surface area contributed by atoms with E-state index in [1.165, 1.54) is 44.3 Å². The number of hydrogen-bond donors (Lipinski definition) is 0. The van der Waals surface area contributed by atoms with Gasteiger partial charge in [-0.2, -0.15) is 0 Å². The van der Waals surface area contributed by atoms with Crippen LogP contribution in [0, 0.1) is 5.82 Å². The number of aromatic nitrogens is 1. The molecule has 1 aromatic heterocycles. The molecule has 0 spiro atoms. The molecule has 6 aromatic rings. The number of rotatable bonds is 0. The number of pyridine rings is 1. The smallest absolute Gasteiger partial charge is 0.131 e. The van der Waals surface area contributed by atoms with Gasteiger partial charge in [0.2, 0.25) is 0 Å². The molecule has 0 radical (unpaired) electrons. The number of hydrogen-bond acceptors (Lipinski definition) is 1. The summed E-state index contributed by atoms with van der Waals surface area (Å²) < 4.78 is 14.6. The predicted octanol–water partition coefficient (Wildman–Crippen LogP) is 8.14. The van der Waals surface area contributed by atoms with Gasteiger partial charge in [-0.25, -0.2) is 4.39 Å². The fraction of sp³-hybridized carbons (Fsp3) is 0.100. The summed E-state index contributed by atoms with van der Waals surface area (Å²) in [6, 6.07) is 26.8. The normalized spacial score (nSPS) is 14.3. The molecule has 1 aliphatic carbocycles. The van der Waals surface area contributed by atoms with Crippen molar-refractivity contribution in [3.8, 4) is 11.3 Å². The van der Waals surface area contributed by atoms with Crippen LogP contribution in [0.25, 0.3) is 54.3 Å². The van der Waals surface area contributed by atoms with Crippen LogP contribution in [0.1, 0.15) is 25.0 Å². The van der Waals surface area contributed by atoms with Crippen molar-refractivity contribution in [1.82, 2.24) is 4.98 Å². The minimum absolute atomic E-state index is 0.176. The third-order valence-electron chi connectivity index (χ3n) is 7.34. The van der Waals surface area contributed by atoms with Crippen LogP contribution in [0.5, 0.6) is 0 Å². The quantitative estimate of drug-likeness (QED) is 0.229. The molecule has 0 atom stereocenters. The van der Waals surface area contributed by atoms with E-state index in [-0.39, 0.29) is 11.2 Å². The summed E-state index contributed by atoms with van der Waals surface area (Å²) >= 11 is 0. The van der Waals surface area contributed by atoms with E-state index in [0.717, 1.165) is 21.9 Å². The van der Waals surface area contributed by atoms with Gasteiger partial charge in [0.15, 0.2) is 0 Å². The molecule has 0 amide bonds. The number of benzene rings is 5. The molecular weight excluding hydrogens is 393 g/mol. The molecule has 5 aromatic carbocycles. The van der Waals surface area contributed by atoms with Crippen LogP contribution < -0.4 is 0 Å². The summed E-state index contributed by atoms with van der Waals surface area (Å²) in [5.41, 5.74) is 4.58. The Morgan fingerprint density at radius 3 is 2.25 bits per heavy atom. The molecule has 7 rings (SSSR count). The summed E-state index contributed by atoms with van der Waals surface area (Å²) in [5.74, 6) is -0.176. The van der Waals surface area contributed by atoms with Crippen molar-refractivity contribution < 1.29 is 4.39 Å². The van der Waals surface area contributed by atoms with Gasteiger partial charge in [0.1, 0.15) is 5.82 Å². The number of nitrogens with zero attached hydrogens (tertiary/aromatic N) is 1. The van der Waals surface area contributed by atoms with Crippen molar-refractivity contribution in [3.05, 3.63) is 102 Å². The van der Waals surface area contributed by atoms with Crippen LogP contribution in [0.2, 0.25) is 0 Å². The zero-order chi connectivity index (χ0) is 21.6. The molecule has 0 unspecified atom stereocenters. The topological polar surface area (TPSA) is 12.9 Å². The molecular formula is C30H20FN. The minimum atomic E-state index is -0.211. The first-order valence-electron chi connectivity index (χ1n) is 11.0. The van der Waals surface area contributed by atoms with Crippen molar-refractivity contribution in [2.24, 2.45) is 0 Å². The third-order valence-corrected chi connectivity index (χ3v) is 7.34. The fourth-order valence-corrected chi connectivity index (χ4v) is 5.70. The minimum Gasteiger partial charge on any atom is -0.256 e. The molecule has 0 saturated heterocycles. The van der Waals surface area contributed by atoms with Gasteiger partial charge in [-0.15, -0.1) is 0 Å². The molecule has 152 valence electrons. The van der Waals surface area contributed by atoms with E-state index in [2.05, 4.69) is 68.4 Å². The maximum absolute atomic E-state index is 14.6. The summed E-state index contributed by atoms with van der Waals surface area (Å²) in [6.07, 6.45) is 1.91. The van der Waals surface area contributed by atoms with Gasteiger partial charge in [-0.1, -0.05) is 62.4 Å².